The third-order valence-corrected chi connectivity index (χ3v) is 3.59. The molecule has 0 atom stereocenters. The van der Waals surface area contributed by atoms with Gasteiger partial charge in [0.2, 0.25) is 5.95 Å². The Morgan fingerprint density at radius 3 is 2.50 bits per heavy atom. The van der Waals surface area contributed by atoms with Crippen molar-refractivity contribution >= 4 is 46.3 Å². The number of hydrogen-bond acceptors (Lipinski definition) is 4. The predicted molar refractivity (Wildman–Crippen MR) is 91.4 cm³/mol. The lowest BCUT2D eigenvalue weighted by Gasteiger charge is -2.10. The molecule has 0 aliphatic carbocycles. The normalized spacial score (nSPS) is 10.5. The second-order valence-corrected chi connectivity index (χ2v) is 5.61. The summed E-state index contributed by atoms with van der Waals surface area (Å²) in [5, 5.41) is 6.82. The molecular weight excluding hydrogens is 357 g/mol. The van der Waals surface area contributed by atoms with Gasteiger partial charge >= 0.3 is 0 Å². The van der Waals surface area contributed by atoms with Crippen molar-refractivity contribution in [2.75, 3.05) is 10.6 Å². The van der Waals surface area contributed by atoms with Crippen molar-refractivity contribution in [1.29, 1.82) is 0 Å². The minimum atomic E-state index is -0.958. The number of halogens is 4. The van der Waals surface area contributed by atoms with Crippen LogP contribution in [0.4, 0.5) is 31.9 Å². The van der Waals surface area contributed by atoms with E-state index in [1.807, 2.05) is 0 Å². The lowest BCUT2D eigenvalue weighted by Crippen LogP contribution is -2.01. The van der Waals surface area contributed by atoms with E-state index in [-0.39, 0.29) is 5.95 Å². The monoisotopic (exact) mass is 366 g/mol. The molecule has 2 aromatic carbocycles. The van der Waals surface area contributed by atoms with Gasteiger partial charge in [-0.2, -0.15) is 4.98 Å². The third-order valence-electron chi connectivity index (χ3n) is 3.02. The number of benzene rings is 2. The van der Waals surface area contributed by atoms with Gasteiger partial charge in [0.05, 0.1) is 10.7 Å². The molecule has 1 heterocycles. The van der Waals surface area contributed by atoms with E-state index in [0.29, 0.717) is 27.2 Å². The van der Waals surface area contributed by atoms with E-state index in [9.17, 15) is 8.78 Å². The van der Waals surface area contributed by atoms with Crippen LogP contribution in [0.15, 0.2) is 48.7 Å². The minimum Gasteiger partial charge on any atom is -0.339 e. The van der Waals surface area contributed by atoms with Crippen molar-refractivity contribution in [3.63, 3.8) is 0 Å². The van der Waals surface area contributed by atoms with Crippen LogP contribution >= 0.6 is 23.2 Å². The largest absolute Gasteiger partial charge is 0.339 e. The summed E-state index contributed by atoms with van der Waals surface area (Å²) in [6.07, 6.45) is 1.51. The summed E-state index contributed by atoms with van der Waals surface area (Å²) in [6.45, 7) is 0. The zero-order chi connectivity index (χ0) is 17.1. The molecule has 3 rings (SSSR count). The van der Waals surface area contributed by atoms with Crippen LogP contribution in [0.25, 0.3) is 0 Å². The van der Waals surface area contributed by atoms with Gasteiger partial charge in [0.15, 0.2) is 11.6 Å². The van der Waals surface area contributed by atoms with Gasteiger partial charge < -0.3 is 10.6 Å². The quantitative estimate of drug-likeness (QED) is 0.635. The SMILES string of the molecule is Fc1ccc(Nc2nccc(Nc3cc(Cl)ccc3Cl)n2)cc1F. The first-order valence-corrected chi connectivity index (χ1v) is 7.54. The number of nitrogens with zero attached hydrogens (tertiary/aromatic N) is 2. The van der Waals surface area contributed by atoms with Gasteiger partial charge in [0.25, 0.3) is 0 Å². The second kappa shape index (κ2) is 6.98. The Morgan fingerprint density at radius 1 is 0.875 bits per heavy atom. The van der Waals surface area contributed by atoms with Crippen molar-refractivity contribution in [2.24, 2.45) is 0 Å². The van der Waals surface area contributed by atoms with E-state index in [1.165, 1.54) is 12.3 Å². The van der Waals surface area contributed by atoms with Gasteiger partial charge in [-0.3, -0.25) is 0 Å². The van der Waals surface area contributed by atoms with Crippen LogP contribution in [0.5, 0.6) is 0 Å². The fourth-order valence-electron chi connectivity index (χ4n) is 1.92. The fraction of sp³-hybridized carbons (Fsp3) is 0. The summed E-state index contributed by atoms with van der Waals surface area (Å²) < 4.78 is 26.2. The second-order valence-electron chi connectivity index (χ2n) is 4.77. The van der Waals surface area contributed by atoms with Crippen LogP contribution in [0, 0.1) is 11.6 Å². The van der Waals surface area contributed by atoms with Crippen molar-refractivity contribution in [2.45, 2.75) is 0 Å². The molecule has 0 saturated heterocycles. The van der Waals surface area contributed by atoms with Crippen LogP contribution in [0.3, 0.4) is 0 Å². The van der Waals surface area contributed by atoms with Crippen LogP contribution in [-0.4, -0.2) is 9.97 Å². The molecule has 8 heteroatoms. The number of rotatable bonds is 4. The van der Waals surface area contributed by atoms with E-state index in [4.69, 9.17) is 23.2 Å². The Morgan fingerprint density at radius 2 is 1.71 bits per heavy atom. The molecule has 0 saturated carbocycles. The third kappa shape index (κ3) is 3.90. The molecule has 122 valence electrons. The molecule has 0 aliphatic rings. The molecule has 4 nitrogen and oxygen atoms in total. The number of hydrogen-bond donors (Lipinski definition) is 2. The molecule has 2 N–H and O–H groups in total. The molecule has 0 fully saturated rings. The summed E-state index contributed by atoms with van der Waals surface area (Å²) in [4.78, 5) is 8.27. The van der Waals surface area contributed by atoms with Crippen molar-refractivity contribution in [1.82, 2.24) is 9.97 Å². The first-order valence-electron chi connectivity index (χ1n) is 6.78. The molecule has 0 amide bonds. The predicted octanol–water partition coefficient (Wildman–Crippen LogP) is 5.55. The maximum absolute atomic E-state index is 13.2. The van der Waals surface area contributed by atoms with E-state index in [1.54, 1.807) is 24.3 Å². The molecular formula is C16H10Cl2F2N4. The lowest BCUT2D eigenvalue weighted by molar-refractivity contribution is 0.509. The van der Waals surface area contributed by atoms with Crippen molar-refractivity contribution in [3.8, 4) is 0 Å². The minimum absolute atomic E-state index is 0.212. The highest BCUT2D eigenvalue weighted by molar-refractivity contribution is 6.35. The Labute approximate surface area is 146 Å². The van der Waals surface area contributed by atoms with Crippen molar-refractivity contribution in [3.05, 3.63) is 70.3 Å². The highest BCUT2D eigenvalue weighted by Gasteiger charge is 2.06. The molecule has 3 aromatic rings. The van der Waals surface area contributed by atoms with Gasteiger partial charge in [0.1, 0.15) is 5.82 Å². The van der Waals surface area contributed by atoms with Gasteiger partial charge in [-0.15, -0.1) is 0 Å². The molecule has 0 unspecified atom stereocenters. The van der Waals surface area contributed by atoms with Gasteiger partial charge in [0, 0.05) is 23.0 Å². The van der Waals surface area contributed by atoms with Crippen molar-refractivity contribution < 1.29 is 8.78 Å². The summed E-state index contributed by atoms with van der Waals surface area (Å²) in [6, 6.07) is 10.1. The Bertz CT molecular complexity index is 890. The highest BCUT2D eigenvalue weighted by atomic mass is 35.5. The average Bonchev–Trinajstić information content (AvgIpc) is 2.55. The molecule has 0 radical (unpaired) electrons. The first-order chi connectivity index (χ1) is 11.5. The standard InChI is InChI=1S/C16H10Cl2F2N4/c17-9-1-3-11(18)14(7-9)23-15-5-6-21-16(24-15)22-10-2-4-12(19)13(20)8-10/h1-8H,(H2,21,22,23,24). The topological polar surface area (TPSA) is 49.8 Å². The van der Waals surface area contributed by atoms with E-state index in [2.05, 4.69) is 20.6 Å². The smallest absolute Gasteiger partial charge is 0.229 e. The van der Waals surface area contributed by atoms with Gasteiger partial charge in [-0.1, -0.05) is 23.2 Å². The maximum Gasteiger partial charge on any atom is 0.229 e. The number of aromatic nitrogens is 2. The van der Waals surface area contributed by atoms with Crippen LogP contribution in [0.1, 0.15) is 0 Å². The molecule has 1 aromatic heterocycles. The molecule has 24 heavy (non-hydrogen) atoms. The molecule has 0 bridgehead atoms. The van der Waals surface area contributed by atoms with Crippen LogP contribution in [-0.2, 0) is 0 Å². The van der Waals surface area contributed by atoms with E-state index >= 15 is 0 Å². The maximum atomic E-state index is 13.2. The van der Waals surface area contributed by atoms with Gasteiger partial charge in [-0.05, 0) is 36.4 Å². The zero-order valence-corrected chi connectivity index (χ0v) is 13.5. The first kappa shape index (κ1) is 16.4. The highest BCUT2D eigenvalue weighted by Crippen LogP contribution is 2.28. The van der Waals surface area contributed by atoms with E-state index in [0.717, 1.165) is 12.1 Å². The summed E-state index contributed by atoms with van der Waals surface area (Å²) in [5.74, 6) is -1.21. The van der Waals surface area contributed by atoms with Gasteiger partial charge in [-0.25, -0.2) is 13.8 Å². The van der Waals surface area contributed by atoms with Crippen LogP contribution in [0.2, 0.25) is 10.0 Å². The average molecular weight is 367 g/mol. The number of nitrogens with one attached hydrogen (secondary N) is 2. The summed E-state index contributed by atoms with van der Waals surface area (Å²) in [5.41, 5.74) is 0.911. The zero-order valence-electron chi connectivity index (χ0n) is 12.0. The summed E-state index contributed by atoms with van der Waals surface area (Å²) >= 11 is 12.0. The van der Waals surface area contributed by atoms with Crippen LogP contribution < -0.4 is 10.6 Å². The summed E-state index contributed by atoms with van der Waals surface area (Å²) in [7, 11) is 0. The Balaban J connectivity index is 1.81. The molecule has 0 aliphatic heterocycles. The fourth-order valence-corrected chi connectivity index (χ4v) is 2.26. The Hall–Kier alpha value is -2.44. The Kier molecular flexibility index (Phi) is 4.78. The number of anilines is 4. The molecule has 0 spiro atoms. The van der Waals surface area contributed by atoms with E-state index < -0.39 is 11.6 Å². The lowest BCUT2D eigenvalue weighted by atomic mass is 10.3.